The number of ether oxygens (including phenoxy) is 1. The quantitative estimate of drug-likeness (QED) is 0.413. The summed E-state index contributed by atoms with van der Waals surface area (Å²) >= 11 is 0. The number of hydrogen-bond donors (Lipinski definition) is 1. The number of alkyl halides is 3. The Morgan fingerprint density at radius 2 is 1.67 bits per heavy atom. The van der Waals surface area contributed by atoms with Crippen molar-refractivity contribution in [3.63, 3.8) is 0 Å². The molecule has 0 aliphatic rings. The number of benzene rings is 3. The second-order valence-corrected chi connectivity index (χ2v) is 6.16. The molecule has 0 saturated carbocycles. The van der Waals surface area contributed by atoms with Crippen LogP contribution in [0.1, 0.15) is 11.1 Å². The van der Waals surface area contributed by atoms with Crippen molar-refractivity contribution in [1.82, 2.24) is 0 Å². The maximum Gasteiger partial charge on any atom is 0.416 e. The molecule has 0 fully saturated rings. The highest BCUT2D eigenvalue weighted by Crippen LogP contribution is 2.31. The molecule has 0 aliphatic heterocycles. The van der Waals surface area contributed by atoms with E-state index in [0.29, 0.717) is 17.2 Å². The number of anilines is 1. The zero-order valence-corrected chi connectivity index (χ0v) is 15.5. The molecule has 1 N–H and O–H groups in total. The molecule has 3 rings (SSSR count). The minimum Gasteiger partial charge on any atom is -0.455 e. The number of halogens is 3. The van der Waals surface area contributed by atoms with Gasteiger partial charge in [0.1, 0.15) is 17.4 Å². The first-order valence-electron chi connectivity index (χ1n) is 8.79. The van der Waals surface area contributed by atoms with E-state index in [0.717, 1.165) is 18.2 Å². The summed E-state index contributed by atoms with van der Waals surface area (Å²) < 4.78 is 44.4. The van der Waals surface area contributed by atoms with Gasteiger partial charge in [-0.2, -0.15) is 18.4 Å². The zero-order chi connectivity index (χ0) is 21.6. The molecule has 0 saturated heterocycles. The van der Waals surface area contributed by atoms with E-state index in [1.807, 2.05) is 6.07 Å². The Hall–Kier alpha value is -4.05. The zero-order valence-electron chi connectivity index (χ0n) is 15.5. The van der Waals surface area contributed by atoms with Gasteiger partial charge in [0, 0.05) is 0 Å². The van der Waals surface area contributed by atoms with Gasteiger partial charge in [-0.05, 0) is 48.0 Å². The standard InChI is InChI=1S/C23H15F3N2O2/c24-23(25,26)18-8-6-7-16(14-18)13-17(15-27)22(29)28-20-11-4-5-12-21(20)30-19-9-2-1-3-10-19/h1-14H,(H,28,29)/b17-13+. The van der Waals surface area contributed by atoms with Crippen molar-refractivity contribution in [2.24, 2.45) is 0 Å². The van der Waals surface area contributed by atoms with Gasteiger partial charge in [0.15, 0.2) is 5.75 Å². The third-order valence-corrected chi connectivity index (χ3v) is 4.00. The first kappa shape index (κ1) is 20.7. The molecule has 3 aromatic carbocycles. The highest BCUT2D eigenvalue weighted by molar-refractivity contribution is 6.10. The van der Waals surface area contributed by atoms with Gasteiger partial charge in [0.2, 0.25) is 0 Å². The van der Waals surface area contributed by atoms with E-state index >= 15 is 0 Å². The van der Waals surface area contributed by atoms with Crippen LogP contribution in [0, 0.1) is 11.3 Å². The average Bonchev–Trinajstić information content (AvgIpc) is 2.73. The van der Waals surface area contributed by atoms with Gasteiger partial charge in [-0.15, -0.1) is 0 Å². The predicted octanol–water partition coefficient (Wildman–Crippen LogP) is 6.04. The number of carbonyl (C=O) groups is 1. The van der Waals surface area contributed by atoms with Gasteiger partial charge in [-0.25, -0.2) is 0 Å². The Morgan fingerprint density at radius 1 is 0.967 bits per heavy atom. The molecular formula is C23H15F3N2O2. The Balaban J connectivity index is 1.83. The lowest BCUT2D eigenvalue weighted by Gasteiger charge is -2.12. The lowest BCUT2D eigenvalue weighted by molar-refractivity contribution is -0.137. The molecule has 1 amide bonds. The molecule has 0 aromatic heterocycles. The average molecular weight is 408 g/mol. The fourth-order valence-electron chi connectivity index (χ4n) is 2.58. The Morgan fingerprint density at radius 3 is 2.37 bits per heavy atom. The van der Waals surface area contributed by atoms with Crippen LogP contribution >= 0.6 is 0 Å². The smallest absolute Gasteiger partial charge is 0.416 e. The second-order valence-electron chi connectivity index (χ2n) is 6.16. The van der Waals surface area contributed by atoms with Crippen molar-refractivity contribution in [2.75, 3.05) is 5.32 Å². The number of nitriles is 1. The van der Waals surface area contributed by atoms with Gasteiger partial charge < -0.3 is 10.1 Å². The van der Waals surface area contributed by atoms with Gasteiger partial charge in [-0.1, -0.05) is 42.5 Å². The Bertz CT molecular complexity index is 1120. The van der Waals surface area contributed by atoms with Crippen molar-refractivity contribution < 1.29 is 22.7 Å². The van der Waals surface area contributed by atoms with Crippen LogP contribution in [0.3, 0.4) is 0 Å². The van der Waals surface area contributed by atoms with E-state index in [4.69, 9.17) is 4.74 Å². The third kappa shape index (κ3) is 5.26. The molecule has 0 heterocycles. The van der Waals surface area contributed by atoms with Crippen LogP contribution in [0.25, 0.3) is 6.08 Å². The van der Waals surface area contributed by atoms with Crippen LogP contribution in [0.5, 0.6) is 11.5 Å². The van der Waals surface area contributed by atoms with Crippen molar-refractivity contribution in [2.45, 2.75) is 6.18 Å². The number of para-hydroxylation sites is 3. The highest BCUT2D eigenvalue weighted by Gasteiger charge is 2.30. The van der Waals surface area contributed by atoms with Crippen LogP contribution in [-0.2, 0) is 11.0 Å². The van der Waals surface area contributed by atoms with Crippen LogP contribution in [0.15, 0.2) is 84.4 Å². The summed E-state index contributed by atoms with van der Waals surface area (Å²) in [7, 11) is 0. The maximum absolute atomic E-state index is 12.9. The van der Waals surface area contributed by atoms with Crippen molar-refractivity contribution in [3.05, 3.63) is 95.6 Å². The molecule has 150 valence electrons. The molecule has 0 unspecified atom stereocenters. The van der Waals surface area contributed by atoms with Crippen LogP contribution in [0.4, 0.5) is 18.9 Å². The number of hydrogen-bond acceptors (Lipinski definition) is 3. The summed E-state index contributed by atoms with van der Waals surface area (Å²) in [4.78, 5) is 12.6. The van der Waals surface area contributed by atoms with E-state index in [2.05, 4.69) is 5.32 Å². The van der Waals surface area contributed by atoms with Crippen LogP contribution in [0.2, 0.25) is 0 Å². The Labute approximate surface area is 170 Å². The van der Waals surface area contributed by atoms with Gasteiger partial charge in [0.25, 0.3) is 5.91 Å². The van der Waals surface area contributed by atoms with Gasteiger partial charge in [0.05, 0.1) is 11.3 Å². The molecule has 3 aromatic rings. The van der Waals surface area contributed by atoms with Crippen molar-refractivity contribution >= 4 is 17.7 Å². The maximum atomic E-state index is 12.9. The van der Waals surface area contributed by atoms with E-state index in [1.165, 1.54) is 12.1 Å². The third-order valence-electron chi connectivity index (χ3n) is 4.00. The Kier molecular flexibility index (Phi) is 6.18. The summed E-state index contributed by atoms with van der Waals surface area (Å²) in [5.74, 6) is 0.145. The summed E-state index contributed by atoms with van der Waals surface area (Å²) in [6, 6.07) is 21.6. The normalized spacial score (nSPS) is 11.5. The molecule has 0 spiro atoms. The van der Waals surface area contributed by atoms with Crippen LogP contribution < -0.4 is 10.1 Å². The summed E-state index contributed by atoms with van der Waals surface area (Å²) in [6.07, 6.45) is -3.42. The minimum atomic E-state index is -4.52. The minimum absolute atomic E-state index is 0.0883. The molecular weight excluding hydrogens is 393 g/mol. The molecule has 30 heavy (non-hydrogen) atoms. The van der Waals surface area contributed by atoms with E-state index in [9.17, 15) is 23.2 Å². The summed E-state index contributed by atoms with van der Waals surface area (Å²) in [5, 5.41) is 11.9. The largest absolute Gasteiger partial charge is 0.455 e. The molecule has 4 nitrogen and oxygen atoms in total. The van der Waals surface area contributed by atoms with Crippen molar-refractivity contribution in [3.8, 4) is 17.6 Å². The first-order chi connectivity index (χ1) is 14.4. The number of nitrogens with one attached hydrogen (secondary N) is 1. The van der Waals surface area contributed by atoms with Gasteiger partial charge >= 0.3 is 6.18 Å². The lowest BCUT2D eigenvalue weighted by atomic mass is 10.1. The summed E-state index contributed by atoms with van der Waals surface area (Å²) in [6.45, 7) is 0. The van der Waals surface area contributed by atoms with E-state index in [1.54, 1.807) is 54.6 Å². The number of carbonyl (C=O) groups excluding carboxylic acids is 1. The lowest BCUT2D eigenvalue weighted by Crippen LogP contribution is -2.14. The molecule has 0 bridgehead atoms. The summed E-state index contributed by atoms with van der Waals surface area (Å²) in [5.41, 5.74) is -0.804. The molecule has 0 radical (unpaired) electrons. The molecule has 0 aliphatic carbocycles. The fourth-order valence-corrected chi connectivity index (χ4v) is 2.58. The molecule has 0 atom stereocenters. The SMILES string of the molecule is N#C/C(=C\c1cccc(C(F)(F)F)c1)C(=O)Nc1ccccc1Oc1ccccc1. The van der Waals surface area contributed by atoms with E-state index in [-0.39, 0.29) is 11.1 Å². The number of amides is 1. The first-order valence-corrected chi connectivity index (χ1v) is 8.79. The van der Waals surface area contributed by atoms with Gasteiger partial charge in [-0.3, -0.25) is 4.79 Å². The topological polar surface area (TPSA) is 62.1 Å². The number of rotatable bonds is 5. The molecule has 7 heteroatoms. The fraction of sp³-hybridized carbons (Fsp3) is 0.0435. The monoisotopic (exact) mass is 408 g/mol. The number of nitrogens with zero attached hydrogens (tertiary/aromatic N) is 1. The predicted molar refractivity (Wildman–Crippen MR) is 107 cm³/mol. The van der Waals surface area contributed by atoms with Crippen LogP contribution in [-0.4, -0.2) is 5.91 Å². The van der Waals surface area contributed by atoms with E-state index < -0.39 is 17.6 Å². The highest BCUT2D eigenvalue weighted by atomic mass is 19.4. The van der Waals surface area contributed by atoms with Crippen molar-refractivity contribution in [1.29, 1.82) is 5.26 Å². The second kappa shape index (κ2) is 8.97.